The van der Waals surface area contributed by atoms with E-state index in [9.17, 15) is 4.79 Å². The van der Waals surface area contributed by atoms with Gasteiger partial charge in [0.1, 0.15) is 5.02 Å². The van der Waals surface area contributed by atoms with Crippen molar-refractivity contribution in [1.29, 1.82) is 0 Å². The summed E-state index contributed by atoms with van der Waals surface area (Å²) in [4.78, 5) is 13.1. The Hall–Kier alpha value is -1.13. The zero-order valence-corrected chi connectivity index (χ0v) is 10.1. The van der Waals surface area contributed by atoms with Crippen molar-refractivity contribution in [3.8, 4) is 5.75 Å². The molecule has 86 valence electrons. The number of hydrogen-bond acceptors (Lipinski definition) is 3. The minimum atomic E-state index is -0.0449. The van der Waals surface area contributed by atoms with Crippen LogP contribution >= 0.6 is 23.2 Å². The third kappa shape index (κ3) is 1.68. The van der Waals surface area contributed by atoms with Crippen molar-refractivity contribution in [2.75, 3.05) is 24.3 Å². The Morgan fingerprint density at radius 1 is 1.44 bits per heavy atom. The van der Waals surface area contributed by atoms with Crippen LogP contribution in [0.5, 0.6) is 5.75 Å². The van der Waals surface area contributed by atoms with Crippen LogP contribution < -0.4 is 15.4 Å². The predicted octanol–water partition coefficient (Wildman–Crippen LogP) is 2.32. The van der Waals surface area contributed by atoms with Gasteiger partial charge in [0.15, 0.2) is 5.75 Å². The van der Waals surface area contributed by atoms with Crippen LogP contribution in [0.25, 0.3) is 0 Å². The lowest BCUT2D eigenvalue weighted by Crippen LogP contribution is -2.25. The van der Waals surface area contributed by atoms with Crippen LogP contribution in [-0.4, -0.2) is 19.6 Å². The molecule has 4 nitrogen and oxygen atoms in total. The van der Waals surface area contributed by atoms with Crippen molar-refractivity contribution in [2.24, 2.45) is 0 Å². The van der Waals surface area contributed by atoms with Crippen LogP contribution in [0.3, 0.4) is 0 Å². The number of amides is 1. The molecule has 1 aromatic rings. The number of anilines is 2. The number of nitrogens with two attached hydrogens (primary N) is 1. The molecule has 0 saturated heterocycles. The number of nitrogen functional groups attached to an aromatic ring is 1. The Balaban J connectivity index is 2.64. The molecular weight excluding hydrogens is 251 g/mol. The molecule has 1 heterocycles. The minimum absolute atomic E-state index is 0.0449. The summed E-state index contributed by atoms with van der Waals surface area (Å²) in [7, 11) is 1.65. The fourth-order valence-corrected chi connectivity index (χ4v) is 1.94. The van der Waals surface area contributed by atoms with E-state index in [1.165, 1.54) is 4.90 Å². The maximum atomic E-state index is 11.6. The number of halogens is 2. The summed E-state index contributed by atoms with van der Waals surface area (Å²) in [6.07, 6.45) is 0.305. The van der Waals surface area contributed by atoms with Gasteiger partial charge < -0.3 is 15.4 Å². The van der Waals surface area contributed by atoms with Crippen molar-refractivity contribution < 1.29 is 9.53 Å². The van der Waals surface area contributed by atoms with Crippen LogP contribution in [0.1, 0.15) is 6.42 Å². The molecular formula is C10H10Cl2N2O2. The van der Waals surface area contributed by atoms with E-state index >= 15 is 0 Å². The number of fused-ring (bicyclic) bond motifs is 1. The monoisotopic (exact) mass is 260 g/mol. The standard InChI is InChI=1S/C10H10Cl2N2O2/c1-14-6-4-5(13)8(11)9(12)10(6)16-3-2-7(14)15/h4H,2-3,13H2,1H3. The summed E-state index contributed by atoms with van der Waals surface area (Å²) >= 11 is 11.9. The second-order valence-corrected chi connectivity index (χ2v) is 4.25. The van der Waals surface area contributed by atoms with Gasteiger partial charge in [-0.25, -0.2) is 0 Å². The summed E-state index contributed by atoms with van der Waals surface area (Å²) in [6, 6.07) is 1.59. The van der Waals surface area contributed by atoms with Gasteiger partial charge in [-0.05, 0) is 6.07 Å². The zero-order valence-electron chi connectivity index (χ0n) is 8.59. The fraction of sp³-hybridized carbons (Fsp3) is 0.300. The van der Waals surface area contributed by atoms with E-state index in [1.54, 1.807) is 13.1 Å². The molecule has 16 heavy (non-hydrogen) atoms. The van der Waals surface area contributed by atoms with Crippen LogP contribution in [0.15, 0.2) is 6.07 Å². The summed E-state index contributed by atoms with van der Waals surface area (Å²) in [6.45, 7) is 0.288. The van der Waals surface area contributed by atoms with Gasteiger partial charge in [-0.15, -0.1) is 0 Å². The largest absolute Gasteiger partial charge is 0.489 e. The number of hydrogen-bond donors (Lipinski definition) is 1. The molecule has 0 spiro atoms. The molecule has 0 aromatic heterocycles. The van der Waals surface area contributed by atoms with E-state index in [0.717, 1.165) is 0 Å². The number of carbonyl (C=O) groups is 1. The summed E-state index contributed by atoms with van der Waals surface area (Å²) < 4.78 is 5.42. The SMILES string of the molecule is CN1C(=O)CCOc2c1cc(N)c(Cl)c2Cl. The number of ether oxygens (including phenoxy) is 1. The Kier molecular flexibility index (Phi) is 2.86. The van der Waals surface area contributed by atoms with E-state index < -0.39 is 0 Å². The van der Waals surface area contributed by atoms with Gasteiger partial charge in [-0.2, -0.15) is 0 Å². The van der Waals surface area contributed by atoms with Gasteiger partial charge in [-0.3, -0.25) is 4.79 Å². The van der Waals surface area contributed by atoms with Crippen molar-refractivity contribution in [2.45, 2.75) is 6.42 Å². The number of rotatable bonds is 0. The smallest absolute Gasteiger partial charge is 0.230 e. The highest BCUT2D eigenvalue weighted by Gasteiger charge is 2.24. The third-order valence-corrected chi connectivity index (χ3v) is 3.33. The fourth-order valence-electron chi connectivity index (χ4n) is 1.54. The first-order valence-corrected chi connectivity index (χ1v) is 5.44. The highest BCUT2D eigenvalue weighted by molar-refractivity contribution is 6.45. The predicted molar refractivity (Wildman–Crippen MR) is 64.4 cm³/mol. The first kappa shape index (κ1) is 11.4. The average molecular weight is 261 g/mol. The molecule has 0 aliphatic carbocycles. The molecule has 1 amide bonds. The highest BCUT2D eigenvalue weighted by atomic mass is 35.5. The second-order valence-electron chi connectivity index (χ2n) is 3.49. The average Bonchev–Trinajstić information content (AvgIpc) is 2.39. The summed E-state index contributed by atoms with van der Waals surface area (Å²) in [5, 5.41) is 0.501. The quantitative estimate of drug-likeness (QED) is 0.729. The molecule has 0 saturated carbocycles. The van der Waals surface area contributed by atoms with Gasteiger partial charge in [0.05, 0.1) is 29.4 Å². The summed E-state index contributed by atoms with van der Waals surface area (Å²) in [5.41, 5.74) is 6.57. The molecule has 1 aromatic carbocycles. The van der Waals surface area contributed by atoms with Gasteiger partial charge in [0.2, 0.25) is 5.91 Å². The molecule has 2 rings (SSSR count). The van der Waals surface area contributed by atoms with Gasteiger partial charge in [0, 0.05) is 7.05 Å². The molecule has 1 aliphatic heterocycles. The van der Waals surface area contributed by atoms with Crippen molar-refractivity contribution >= 4 is 40.5 Å². The van der Waals surface area contributed by atoms with Crippen molar-refractivity contribution in [3.05, 3.63) is 16.1 Å². The first-order chi connectivity index (χ1) is 7.52. The normalized spacial score (nSPS) is 15.4. The lowest BCUT2D eigenvalue weighted by Gasteiger charge is -2.18. The minimum Gasteiger partial charge on any atom is -0.489 e. The number of nitrogens with zero attached hydrogens (tertiary/aromatic N) is 1. The van der Waals surface area contributed by atoms with E-state index in [-0.39, 0.29) is 22.6 Å². The number of benzene rings is 1. The molecule has 1 aliphatic rings. The van der Waals surface area contributed by atoms with Crippen LogP contribution in [0.4, 0.5) is 11.4 Å². The zero-order chi connectivity index (χ0) is 11.9. The summed E-state index contributed by atoms with van der Waals surface area (Å²) in [5.74, 6) is 0.366. The Morgan fingerprint density at radius 2 is 2.12 bits per heavy atom. The van der Waals surface area contributed by atoms with Crippen LogP contribution in [-0.2, 0) is 4.79 Å². The van der Waals surface area contributed by atoms with Gasteiger partial charge >= 0.3 is 0 Å². The van der Waals surface area contributed by atoms with E-state index in [0.29, 0.717) is 23.5 Å². The van der Waals surface area contributed by atoms with E-state index in [1.807, 2.05) is 0 Å². The van der Waals surface area contributed by atoms with E-state index in [4.69, 9.17) is 33.7 Å². The van der Waals surface area contributed by atoms with Crippen LogP contribution in [0.2, 0.25) is 10.0 Å². The maximum Gasteiger partial charge on any atom is 0.230 e. The van der Waals surface area contributed by atoms with Gasteiger partial charge in [-0.1, -0.05) is 23.2 Å². The van der Waals surface area contributed by atoms with Crippen molar-refractivity contribution in [3.63, 3.8) is 0 Å². The molecule has 0 bridgehead atoms. The topological polar surface area (TPSA) is 55.6 Å². The van der Waals surface area contributed by atoms with Gasteiger partial charge in [0.25, 0.3) is 0 Å². The highest BCUT2D eigenvalue weighted by Crippen LogP contribution is 2.44. The Labute approximate surface area is 103 Å². The molecule has 0 fully saturated rings. The lowest BCUT2D eigenvalue weighted by atomic mass is 10.2. The van der Waals surface area contributed by atoms with E-state index in [2.05, 4.69) is 0 Å². The van der Waals surface area contributed by atoms with Crippen molar-refractivity contribution in [1.82, 2.24) is 0 Å². The third-order valence-electron chi connectivity index (χ3n) is 2.47. The maximum absolute atomic E-state index is 11.6. The lowest BCUT2D eigenvalue weighted by molar-refractivity contribution is -0.118. The van der Waals surface area contributed by atoms with Crippen LogP contribution in [0, 0.1) is 0 Å². The molecule has 6 heteroatoms. The molecule has 0 atom stereocenters. The first-order valence-electron chi connectivity index (χ1n) is 4.69. The second kappa shape index (κ2) is 4.03. The molecule has 0 unspecified atom stereocenters. The molecule has 2 N–H and O–H groups in total. The Bertz CT molecular complexity index is 463. The molecule has 0 radical (unpaired) electrons. The number of carbonyl (C=O) groups excluding carboxylic acids is 1. The Morgan fingerprint density at radius 3 is 2.81 bits per heavy atom.